The first-order chi connectivity index (χ1) is 12.4. The first kappa shape index (κ1) is 15.2. The zero-order valence-electron chi connectivity index (χ0n) is 13.5. The Morgan fingerprint density at radius 2 is 1.68 bits per heavy atom. The number of rotatable bonds is 6. The largest absolute Gasteiger partial charge is 0.263 e. The van der Waals surface area contributed by atoms with Crippen LogP contribution in [0, 0.1) is 0 Å². The summed E-state index contributed by atoms with van der Waals surface area (Å²) in [6, 6.07) is 20.1. The topological polar surface area (TPSA) is 85.2 Å². The van der Waals surface area contributed by atoms with E-state index in [-0.39, 0.29) is 6.04 Å². The molecule has 0 bridgehead atoms. The maximum atomic E-state index is 4.67. The minimum absolute atomic E-state index is 0.252. The van der Waals surface area contributed by atoms with Gasteiger partial charge in [0.15, 0.2) is 5.82 Å². The summed E-state index contributed by atoms with van der Waals surface area (Å²) in [7, 11) is 0. The molecule has 1 atom stereocenters. The molecule has 0 spiro atoms. The highest BCUT2D eigenvalue weighted by molar-refractivity contribution is 5.25. The van der Waals surface area contributed by atoms with Crippen molar-refractivity contribution in [3.05, 3.63) is 89.8 Å². The van der Waals surface area contributed by atoms with E-state index < -0.39 is 0 Å². The molecular formula is C18H17N7. The third-order valence-electron chi connectivity index (χ3n) is 4.03. The molecule has 124 valence electrons. The molecule has 0 unspecified atom stereocenters. The SMILES string of the molecule is c1ccc(CCc2nc([C@H](c3ccccc3)n3cnnn3)n[nH]2)cc1. The monoisotopic (exact) mass is 331 g/mol. The molecule has 2 heterocycles. The molecular weight excluding hydrogens is 314 g/mol. The van der Waals surface area contributed by atoms with Crippen LogP contribution >= 0.6 is 0 Å². The molecule has 0 aliphatic carbocycles. The van der Waals surface area contributed by atoms with Gasteiger partial charge in [-0.15, -0.1) is 5.10 Å². The molecule has 1 N–H and O–H groups in total. The summed E-state index contributed by atoms with van der Waals surface area (Å²) in [6.45, 7) is 0. The fourth-order valence-electron chi connectivity index (χ4n) is 2.79. The molecule has 0 saturated heterocycles. The third-order valence-corrected chi connectivity index (χ3v) is 4.03. The number of H-pyrrole nitrogens is 1. The molecule has 2 aromatic heterocycles. The molecule has 0 aliphatic heterocycles. The number of benzene rings is 2. The molecule has 0 amide bonds. The summed E-state index contributed by atoms with van der Waals surface area (Å²) in [5.41, 5.74) is 2.31. The number of tetrazole rings is 1. The molecule has 0 aliphatic rings. The van der Waals surface area contributed by atoms with Crippen molar-refractivity contribution >= 4 is 0 Å². The van der Waals surface area contributed by atoms with Crippen molar-refractivity contribution in [2.75, 3.05) is 0 Å². The van der Waals surface area contributed by atoms with E-state index in [1.165, 1.54) is 5.56 Å². The normalized spacial score (nSPS) is 12.2. The van der Waals surface area contributed by atoms with Gasteiger partial charge in [-0.25, -0.2) is 9.67 Å². The highest BCUT2D eigenvalue weighted by Crippen LogP contribution is 2.22. The van der Waals surface area contributed by atoms with Crippen molar-refractivity contribution in [2.24, 2.45) is 0 Å². The Morgan fingerprint density at radius 1 is 0.920 bits per heavy atom. The van der Waals surface area contributed by atoms with Gasteiger partial charge in [0.1, 0.15) is 18.2 Å². The van der Waals surface area contributed by atoms with Crippen molar-refractivity contribution < 1.29 is 0 Å². The molecule has 0 saturated carbocycles. The molecule has 2 aromatic carbocycles. The van der Waals surface area contributed by atoms with Crippen LogP contribution in [0.2, 0.25) is 0 Å². The lowest BCUT2D eigenvalue weighted by atomic mass is 10.1. The maximum absolute atomic E-state index is 4.67. The van der Waals surface area contributed by atoms with E-state index in [0.717, 1.165) is 24.2 Å². The minimum atomic E-state index is -0.252. The molecule has 0 fully saturated rings. The number of nitrogens with one attached hydrogen (secondary N) is 1. The van der Waals surface area contributed by atoms with E-state index in [1.54, 1.807) is 11.0 Å². The van der Waals surface area contributed by atoms with Gasteiger partial charge in [-0.1, -0.05) is 60.7 Å². The predicted octanol–water partition coefficient (Wildman–Crippen LogP) is 2.21. The van der Waals surface area contributed by atoms with Crippen molar-refractivity contribution in [3.8, 4) is 0 Å². The minimum Gasteiger partial charge on any atom is -0.263 e. The van der Waals surface area contributed by atoms with Gasteiger partial charge >= 0.3 is 0 Å². The van der Waals surface area contributed by atoms with Crippen LogP contribution < -0.4 is 0 Å². The summed E-state index contributed by atoms with van der Waals surface area (Å²) < 4.78 is 1.67. The zero-order chi connectivity index (χ0) is 16.9. The van der Waals surface area contributed by atoms with E-state index in [9.17, 15) is 0 Å². The molecule has 7 heteroatoms. The lowest BCUT2D eigenvalue weighted by molar-refractivity contribution is 0.547. The predicted molar refractivity (Wildman–Crippen MR) is 91.7 cm³/mol. The first-order valence-corrected chi connectivity index (χ1v) is 8.12. The summed E-state index contributed by atoms with van der Waals surface area (Å²) in [4.78, 5) is 4.67. The first-order valence-electron chi connectivity index (χ1n) is 8.12. The van der Waals surface area contributed by atoms with E-state index in [2.05, 4.69) is 42.8 Å². The van der Waals surface area contributed by atoms with Gasteiger partial charge < -0.3 is 0 Å². The summed E-state index contributed by atoms with van der Waals surface area (Å²) in [5.74, 6) is 1.51. The van der Waals surface area contributed by atoms with Gasteiger partial charge in [-0.2, -0.15) is 5.10 Å². The van der Waals surface area contributed by atoms with E-state index in [1.807, 2.05) is 48.5 Å². The Bertz CT molecular complexity index is 901. The molecule has 4 aromatic rings. The van der Waals surface area contributed by atoms with Crippen molar-refractivity contribution in [3.63, 3.8) is 0 Å². The van der Waals surface area contributed by atoms with Gasteiger partial charge in [0.2, 0.25) is 0 Å². The van der Waals surface area contributed by atoms with Crippen LogP contribution in [0.3, 0.4) is 0 Å². The molecule has 25 heavy (non-hydrogen) atoms. The average molecular weight is 331 g/mol. The Labute approximate surface area is 144 Å². The van der Waals surface area contributed by atoms with Crippen molar-refractivity contribution in [2.45, 2.75) is 18.9 Å². The molecule has 7 nitrogen and oxygen atoms in total. The second-order valence-electron chi connectivity index (χ2n) is 5.73. The third kappa shape index (κ3) is 3.45. The average Bonchev–Trinajstić information content (AvgIpc) is 3.35. The van der Waals surface area contributed by atoms with Crippen LogP contribution in [0.15, 0.2) is 67.0 Å². The van der Waals surface area contributed by atoms with Crippen LogP contribution in [-0.4, -0.2) is 35.4 Å². The quantitative estimate of drug-likeness (QED) is 0.585. The van der Waals surface area contributed by atoms with Crippen LogP contribution in [0.4, 0.5) is 0 Å². The standard InChI is InChI=1S/C18H17N7/c1-3-7-14(8-4-1)11-12-16-20-18(22-21-16)17(25-13-19-23-24-25)15-9-5-2-6-10-15/h1-10,13,17H,11-12H2,(H,20,21,22)/t17-/m0/s1. The highest BCUT2D eigenvalue weighted by Gasteiger charge is 2.22. The Hall–Kier alpha value is -3.35. The van der Waals surface area contributed by atoms with Gasteiger partial charge in [-0.05, 0) is 28.0 Å². The molecule has 0 radical (unpaired) electrons. The van der Waals surface area contributed by atoms with Crippen LogP contribution in [-0.2, 0) is 12.8 Å². The summed E-state index contributed by atoms with van der Waals surface area (Å²) >= 11 is 0. The van der Waals surface area contributed by atoms with Gasteiger partial charge in [-0.3, -0.25) is 5.10 Å². The lowest BCUT2D eigenvalue weighted by Crippen LogP contribution is -2.15. The maximum Gasteiger partial charge on any atom is 0.179 e. The Balaban J connectivity index is 1.58. The number of nitrogens with zero attached hydrogens (tertiary/aromatic N) is 6. The number of aromatic nitrogens is 7. The van der Waals surface area contributed by atoms with E-state index in [4.69, 9.17) is 0 Å². The number of hydrogen-bond donors (Lipinski definition) is 1. The number of aryl methyl sites for hydroxylation is 2. The lowest BCUT2D eigenvalue weighted by Gasteiger charge is -2.12. The van der Waals surface area contributed by atoms with Crippen molar-refractivity contribution in [1.29, 1.82) is 0 Å². The summed E-state index contributed by atoms with van der Waals surface area (Å²) in [6.07, 6.45) is 3.29. The Kier molecular flexibility index (Phi) is 4.28. The highest BCUT2D eigenvalue weighted by atomic mass is 15.5. The smallest absolute Gasteiger partial charge is 0.179 e. The van der Waals surface area contributed by atoms with E-state index in [0.29, 0.717) is 5.82 Å². The number of aromatic amines is 1. The van der Waals surface area contributed by atoms with Gasteiger partial charge in [0.25, 0.3) is 0 Å². The Morgan fingerprint density at radius 3 is 2.40 bits per heavy atom. The van der Waals surface area contributed by atoms with Gasteiger partial charge in [0, 0.05) is 6.42 Å². The van der Waals surface area contributed by atoms with Crippen LogP contribution in [0.1, 0.15) is 28.8 Å². The second kappa shape index (κ2) is 7.04. The van der Waals surface area contributed by atoms with E-state index >= 15 is 0 Å². The summed E-state index contributed by atoms with van der Waals surface area (Å²) in [5, 5.41) is 19.0. The van der Waals surface area contributed by atoms with Crippen LogP contribution in [0.25, 0.3) is 0 Å². The number of hydrogen-bond acceptors (Lipinski definition) is 5. The fourth-order valence-corrected chi connectivity index (χ4v) is 2.79. The zero-order valence-corrected chi connectivity index (χ0v) is 13.5. The molecule has 4 rings (SSSR count). The van der Waals surface area contributed by atoms with Gasteiger partial charge in [0.05, 0.1) is 0 Å². The fraction of sp³-hybridized carbons (Fsp3) is 0.167. The second-order valence-corrected chi connectivity index (χ2v) is 5.73. The van der Waals surface area contributed by atoms with Crippen molar-refractivity contribution in [1.82, 2.24) is 35.4 Å². The van der Waals surface area contributed by atoms with Crippen LogP contribution in [0.5, 0.6) is 0 Å².